The summed E-state index contributed by atoms with van der Waals surface area (Å²) >= 11 is 0. The molecule has 1 aliphatic rings. The van der Waals surface area contributed by atoms with Crippen molar-refractivity contribution in [3.8, 4) is 0 Å². The van der Waals surface area contributed by atoms with Crippen LogP contribution >= 0.6 is 0 Å². The first-order valence-corrected chi connectivity index (χ1v) is 8.81. The summed E-state index contributed by atoms with van der Waals surface area (Å²) in [6.45, 7) is 15.9. The Bertz CT molecular complexity index is 510. The molecule has 2 nitrogen and oxygen atoms in total. The number of hydrogen-bond donors (Lipinski definition) is 0. The van der Waals surface area contributed by atoms with Crippen molar-refractivity contribution in [3.05, 3.63) is 34.9 Å². The maximum absolute atomic E-state index is 11.8. The highest BCUT2D eigenvalue weighted by molar-refractivity contribution is 5.89. The number of ether oxygens (including phenoxy) is 1. The van der Waals surface area contributed by atoms with Crippen LogP contribution in [0.2, 0.25) is 0 Å². The second kappa shape index (κ2) is 7.99. The highest BCUT2D eigenvalue weighted by atomic mass is 16.5. The summed E-state index contributed by atoms with van der Waals surface area (Å²) in [6.07, 6.45) is 10.5. The zero-order valence-corrected chi connectivity index (χ0v) is 16.1. The second-order valence-corrected chi connectivity index (χ2v) is 8.15. The Labute approximate surface area is 142 Å². The number of carbonyl (C=O) groups excluding carboxylic acids is 1. The van der Waals surface area contributed by atoms with E-state index < -0.39 is 0 Å². The molecule has 1 aliphatic carbocycles. The van der Waals surface area contributed by atoms with Crippen molar-refractivity contribution in [2.75, 3.05) is 6.61 Å². The van der Waals surface area contributed by atoms with Crippen molar-refractivity contribution in [1.82, 2.24) is 0 Å². The summed E-state index contributed by atoms with van der Waals surface area (Å²) in [6, 6.07) is 0. The topological polar surface area (TPSA) is 26.3 Å². The van der Waals surface area contributed by atoms with Crippen LogP contribution in [0.5, 0.6) is 0 Å². The van der Waals surface area contributed by atoms with E-state index in [0.29, 0.717) is 13.0 Å². The highest BCUT2D eigenvalue weighted by Crippen LogP contribution is 2.37. The lowest BCUT2D eigenvalue weighted by Gasteiger charge is -2.30. The molecule has 2 heteroatoms. The summed E-state index contributed by atoms with van der Waals surface area (Å²) in [4.78, 5) is 11.8. The quantitative estimate of drug-likeness (QED) is 0.444. The van der Waals surface area contributed by atoms with Crippen LogP contribution < -0.4 is 0 Å². The fourth-order valence-corrected chi connectivity index (χ4v) is 2.69. The molecular weight excluding hydrogens is 284 g/mol. The second-order valence-electron chi connectivity index (χ2n) is 8.15. The third kappa shape index (κ3) is 6.01. The molecule has 0 spiro atoms. The van der Waals surface area contributed by atoms with Crippen LogP contribution in [0.15, 0.2) is 34.9 Å². The average molecular weight is 319 g/mol. The number of allylic oxidation sites excluding steroid dienone is 5. The lowest BCUT2D eigenvalue weighted by molar-refractivity contribution is -0.138. The minimum absolute atomic E-state index is 0.163. The summed E-state index contributed by atoms with van der Waals surface area (Å²) in [7, 11) is 0. The Kier molecular flexibility index (Phi) is 6.85. The molecule has 0 saturated carbocycles. The molecule has 0 aromatic heterocycles. The third-order valence-electron chi connectivity index (χ3n) is 4.95. The standard InChI is InChI=1S/C21H34O2/c1-8-23-19(22)17-11-13-18(14-12-17)21(6,7)15-9-10-16(2)20(3,4)5/h10-11,14H,8-9,12-13,15H2,1-7H3/b16-10+. The van der Waals surface area contributed by atoms with Crippen molar-refractivity contribution in [2.24, 2.45) is 10.8 Å². The molecule has 0 aliphatic heterocycles. The molecule has 0 aromatic carbocycles. The van der Waals surface area contributed by atoms with E-state index in [1.807, 2.05) is 13.0 Å². The van der Waals surface area contributed by atoms with Gasteiger partial charge in [0, 0.05) is 5.57 Å². The van der Waals surface area contributed by atoms with Crippen LogP contribution in [0.3, 0.4) is 0 Å². The molecule has 0 amide bonds. The normalized spacial score (nSPS) is 16.7. The van der Waals surface area contributed by atoms with Gasteiger partial charge < -0.3 is 4.74 Å². The molecule has 0 heterocycles. The van der Waals surface area contributed by atoms with Gasteiger partial charge in [-0.05, 0) is 50.4 Å². The van der Waals surface area contributed by atoms with Gasteiger partial charge in [-0.25, -0.2) is 4.79 Å². The van der Waals surface area contributed by atoms with E-state index in [0.717, 1.165) is 24.8 Å². The zero-order chi connectivity index (χ0) is 17.7. The first-order valence-electron chi connectivity index (χ1n) is 8.81. The van der Waals surface area contributed by atoms with E-state index >= 15 is 0 Å². The van der Waals surface area contributed by atoms with Crippen molar-refractivity contribution < 1.29 is 9.53 Å². The number of hydrogen-bond acceptors (Lipinski definition) is 2. The largest absolute Gasteiger partial charge is 0.463 e. The molecule has 0 radical (unpaired) electrons. The van der Waals surface area contributed by atoms with Gasteiger partial charge in [0.15, 0.2) is 0 Å². The molecule has 0 N–H and O–H groups in total. The van der Waals surface area contributed by atoms with E-state index in [-0.39, 0.29) is 16.8 Å². The predicted octanol–water partition coefficient (Wildman–Crippen LogP) is 5.99. The minimum Gasteiger partial charge on any atom is -0.463 e. The molecule has 0 bridgehead atoms. The van der Waals surface area contributed by atoms with Crippen molar-refractivity contribution in [3.63, 3.8) is 0 Å². The van der Waals surface area contributed by atoms with E-state index in [9.17, 15) is 4.79 Å². The van der Waals surface area contributed by atoms with Crippen LogP contribution in [-0.4, -0.2) is 12.6 Å². The average Bonchev–Trinajstić information content (AvgIpc) is 2.46. The first-order chi connectivity index (χ1) is 10.6. The summed E-state index contributed by atoms with van der Waals surface area (Å²) in [5.74, 6) is -0.163. The van der Waals surface area contributed by atoms with Crippen LogP contribution in [-0.2, 0) is 9.53 Å². The molecule has 130 valence electrons. The molecule has 0 aromatic rings. The Morgan fingerprint density at radius 2 is 1.83 bits per heavy atom. The number of rotatable bonds is 6. The van der Waals surface area contributed by atoms with Gasteiger partial charge in [0.25, 0.3) is 0 Å². The van der Waals surface area contributed by atoms with E-state index in [2.05, 4.69) is 53.7 Å². The Morgan fingerprint density at radius 3 is 2.30 bits per heavy atom. The van der Waals surface area contributed by atoms with Crippen molar-refractivity contribution in [2.45, 2.75) is 74.1 Å². The summed E-state index contributed by atoms with van der Waals surface area (Å²) in [5.41, 5.74) is 4.12. The van der Waals surface area contributed by atoms with E-state index in [1.54, 1.807) is 0 Å². The van der Waals surface area contributed by atoms with Gasteiger partial charge in [-0.2, -0.15) is 0 Å². The Hall–Kier alpha value is -1.31. The van der Waals surface area contributed by atoms with Crippen LogP contribution in [0.4, 0.5) is 0 Å². The maximum atomic E-state index is 11.8. The number of esters is 1. The first kappa shape index (κ1) is 19.7. The summed E-state index contributed by atoms with van der Waals surface area (Å²) < 4.78 is 5.08. The maximum Gasteiger partial charge on any atom is 0.333 e. The third-order valence-corrected chi connectivity index (χ3v) is 4.95. The number of carbonyl (C=O) groups is 1. The van der Waals surface area contributed by atoms with Gasteiger partial charge in [-0.1, -0.05) is 64.0 Å². The molecule has 0 unspecified atom stereocenters. The Morgan fingerprint density at radius 1 is 1.17 bits per heavy atom. The zero-order valence-electron chi connectivity index (χ0n) is 16.1. The van der Waals surface area contributed by atoms with Gasteiger partial charge >= 0.3 is 5.97 Å². The highest BCUT2D eigenvalue weighted by Gasteiger charge is 2.25. The van der Waals surface area contributed by atoms with Crippen LogP contribution in [0.1, 0.15) is 74.1 Å². The van der Waals surface area contributed by atoms with Crippen LogP contribution in [0.25, 0.3) is 0 Å². The fraction of sp³-hybridized carbons (Fsp3) is 0.667. The molecule has 0 fully saturated rings. The van der Waals surface area contributed by atoms with Crippen LogP contribution in [0, 0.1) is 10.8 Å². The lowest BCUT2D eigenvalue weighted by atomic mass is 9.75. The minimum atomic E-state index is -0.163. The van der Waals surface area contributed by atoms with Gasteiger partial charge in [-0.3, -0.25) is 0 Å². The molecular formula is C21H34O2. The smallest absolute Gasteiger partial charge is 0.333 e. The van der Waals surface area contributed by atoms with Gasteiger partial charge in [-0.15, -0.1) is 0 Å². The van der Waals surface area contributed by atoms with Gasteiger partial charge in [0.05, 0.1) is 6.61 Å². The SMILES string of the molecule is CCOC(=O)C1=CCC(C(C)(C)CC/C=C(\C)C(C)(C)C)=CC1. The molecule has 0 atom stereocenters. The molecule has 0 saturated heterocycles. The van der Waals surface area contributed by atoms with Crippen molar-refractivity contribution >= 4 is 5.97 Å². The molecule has 1 rings (SSSR count). The molecule has 23 heavy (non-hydrogen) atoms. The monoisotopic (exact) mass is 318 g/mol. The van der Waals surface area contributed by atoms with Gasteiger partial charge in [0.1, 0.15) is 0 Å². The van der Waals surface area contributed by atoms with E-state index in [1.165, 1.54) is 11.1 Å². The summed E-state index contributed by atoms with van der Waals surface area (Å²) in [5, 5.41) is 0. The van der Waals surface area contributed by atoms with Gasteiger partial charge in [0.2, 0.25) is 0 Å². The fourth-order valence-electron chi connectivity index (χ4n) is 2.69. The van der Waals surface area contributed by atoms with E-state index in [4.69, 9.17) is 4.74 Å². The Balaban J connectivity index is 2.61. The predicted molar refractivity (Wildman–Crippen MR) is 98.3 cm³/mol. The lowest BCUT2D eigenvalue weighted by Crippen LogP contribution is -2.18. The van der Waals surface area contributed by atoms with Crippen molar-refractivity contribution in [1.29, 1.82) is 0 Å².